The lowest BCUT2D eigenvalue weighted by molar-refractivity contribution is -0.113. The summed E-state index contributed by atoms with van der Waals surface area (Å²) in [5.41, 5.74) is 3.02. The van der Waals surface area contributed by atoms with Gasteiger partial charge in [0, 0.05) is 5.69 Å². The molecule has 3 N–H and O–H groups in total. The van der Waals surface area contributed by atoms with Crippen LogP contribution in [0.3, 0.4) is 0 Å². The van der Waals surface area contributed by atoms with E-state index in [9.17, 15) is 9.18 Å². The molecule has 2 aromatic carbocycles. The van der Waals surface area contributed by atoms with Gasteiger partial charge in [-0.3, -0.25) is 4.79 Å². The van der Waals surface area contributed by atoms with Crippen LogP contribution in [0.1, 0.15) is 17.0 Å². The van der Waals surface area contributed by atoms with Gasteiger partial charge >= 0.3 is 0 Å². The number of carbonyl (C=O) groups excluding carboxylic acids is 1. The molecule has 28 heavy (non-hydrogen) atoms. The lowest BCUT2D eigenvalue weighted by atomic mass is 10.1. The van der Waals surface area contributed by atoms with E-state index in [2.05, 4.69) is 15.5 Å². The van der Waals surface area contributed by atoms with Crippen LogP contribution in [-0.4, -0.2) is 26.5 Å². The van der Waals surface area contributed by atoms with Crippen molar-refractivity contribution >= 4 is 23.4 Å². The Labute approximate surface area is 166 Å². The molecule has 0 aliphatic heterocycles. The highest BCUT2D eigenvalue weighted by Crippen LogP contribution is 2.18. The van der Waals surface area contributed by atoms with Crippen LogP contribution in [-0.2, 0) is 11.4 Å². The van der Waals surface area contributed by atoms with Gasteiger partial charge in [-0.15, -0.1) is 10.2 Å². The van der Waals surface area contributed by atoms with Gasteiger partial charge in [-0.1, -0.05) is 17.8 Å². The molecule has 0 radical (unpaired) electrons. The zero-order valence-electron chi connectivity index (χ0n) is 15.5. The van der Waals surface area contributed by atoms with E-state index < -0.39 is 0 Å². The van der Waals surface area contributed by atoms with Crippen LogP contribution in [0.25, 0.3) is 0 Å². The molecule has 146 valence electrons. The van der Waals surface area contributed by atoms with Gasteiger partial charge in [-0.2, -0.15) is 0 Å². The van der Waals surface area contributed by atoms with Crippen molar-refractivity contribution < 1.29 is 13.9 Å². The number of rotatable bonds is 7. The predicted molar refractivity (Wildman–Crippen MR) is 106 cm³/mol. The van der Waals surface area contributed by atoms with E-state index in [-0.39, 0.29) is 24.1 Å². The second kappa shape index (κ2) is 8.75. The number of aryl methyl sites for hydroxylation is 2. The van der Waals surface area contributed by atoms with Crippen molar-refractivity contribution in [3.8, 4) is 5.75 Å². The van der Waals surface area contributed by atoms with Crippen LogP contribution < -0.4 is 15.9 Å². The molecule has 7 nitrogen and oxygen atoms in total. The fourth-order valence-electron chi connectivity index (χ4n) is 2.33. The summed E-state index contributed by atoms with van der Waals surface area (Å²) < 4.78 is 19.7. The van der Waals surface area contributed by atoms with Gasteiger partial charge in [-0.25, -0.2) is 9.07 Å². The molecule has 0 atom stereocenters. The van der Waals surface area contributed by atoms with E-state index in [1.165, 1.54) is 46.3 Å². The molecule has 1 amide bonds. The number of hydrogen-bond donors (Lipinski definition) is 2. The Hall–Kier alpha value is -3.07. The lowest BCUT2D eigenvalue weighted by Crippen LogP contribution is -2.18. The van der Waals surface area contributed by atoms with Crippen molar-refractivity contribution in [1.29, 1.82) is 0 Å². The average molecular weight is 401 g/mol. The van der Waals surface area contributed by atoms with Gasteiger partial charge in [0.1, 0.15) is 18.2 Å². The molecule has 0 spiro atoms. The Morgan fingerprint density at radius 2 is 1.93 bits per heavy atom. The van der Waals surface area contributed by atoms with Gasteiger partial charge in [-0.05, 0) is 61.4 Å². The minimum Gasteiger partial charge on any atom is -0.486 e. The maximum absolute atomic E-state index is 12.9. The average Bonchev–Trinajstić information content (AvgIpc) is 3.02. The molecule has 1 aromatic heterocycles. The number of nitrogens with one attached hydrogen (secondary N) is 1. The first kappa shape index (κ1) is 19.7. The number of aromatic nitrogens is 3. The topological polar surface area (TPSA) is 95.1 Å². The highest BCUT2D eigenvalue weighted by atomic mass is 32.2. The smallest absolute Gasteiger partial charge is 0.234 e. The third-order valence-electron chi connectivity index (χ3n) is 4.04. The molecule has 0 bridgehead atoms. The first-order chi connectivity index (χ1) is 13.4. The van der Waals surface area contributed by atoms with E-state index in [0.29, 0.717) is 16.7 Å². The van der Waals surface area contributed by atoms with Crippen LogP contribution in [0.4, 0.5) is 10.1 Å². The Kier molecular flexibility index (Phi) is 6.15. The molecule has 3 aromatic rings. The number of halogens is 1. The Bertz CT molecular complexity index is 975. The molecule has 0 aliphatic rings. The summed E-state index contributed by atoms with van der Waals surface area (Å²) in [6.45, 7) is 4.08. The fraction of sp³-hybridized carbons (Fsp3) is 0.211. The van der Waals surface area contributed by atoms with E-state index in [1.54, 1.807) is 0 Å². The summed E-state index contributed by atoms with van der Waals surface area (Å²) in [7, 11) is 0. The zero-order valence-corrected chi connectivity index (χ0v) is 16.3. The van der Waals surface area contributed by atoms with Crippen molar-refractivity contribution in [3.05, 3.63) is 65.2 Å². The second-order valence-electron chi connectivity index (χ2n) is 6.15. The fourth-order valence-corrected chi connectivity index (χ4v) is 3.00. The van der Waals surface area contributed by atoms with Gasteiger partial charge < -0.3 is 15.9 Å². The van der Waals surface area contributed by atoms with E-state index in [0.717, 1.165) is 11.3 Å². The van der Waals surface area contributed by atoms with Crippen molar-refractivity contribution in [2.45, 2.75) is 25.6 Å². The zero-order chi connectivity index (χ0) is 20.1. The van der Waals surface area contributed by atoms with Gasteiger partial charge in [0.2, 0.25) is 11.1 Å². The Morgan fingerprint density at radius 3 is 2.64 bits per heavy atom. The summed E-state index contributed by atoms with van der Waals surface area (Å²) >= 11 is 1.17. The normalized spacial score (nSPS) is 10.7. The lowest BCUT2D eigenvalue weighted by Gasteiger charge is -2.08. The van der Waals surface area contributed by atoms with E-state index >= 15 is 0 Å². The minimum absolute atomic E-state index is 0.0739. The number of thioether (sulfide) groups is 1. The molecular formula is C19H20FN5O2S. The number of nitrogen functional groups attached to an aromatic ring is 1. The summed E-state index contributed by atoms with van der Waals surface area (Å²) in [5.74, 6) is 6.48. The number of ether oxygens (including phenoxy) is 1. The molecule has 1 heterocycles. The van der Waals surface area contributed by atoms with E-state index in [4.69, 9.17) is 10.6 Å². The molecule has 0 saturated heterocycles. The van der Waals surface area contributed by atoms with Crippen LogP contribution >= 0.6 is 11.8 Å². The van der Waals surface area contributed by atoms with Gasteiger partial charge in [0.25, 0.3) is 0 Å². The minimum atomic E-state index is -0.341. The molecule has 3 rings (SSSR count). The van der Waals surface area contributed by atoms with Crippen LogP contribution in [0, 0.1) is 19.7 Å². The maximum Gasteiger partial charge on any atom is 0.234 e. The quantitative estimate of drug-likeness (QED) is 0.467. The standard InChI is InChI=1S/C19H20FN5O2S/c1-12-3-6-15(9-13(12)2)22-18(26)11-28-19-24-23-17(25(19)21)10-27-16-7-4-14(20)5-8-16/h3-9H,10-11,21H2,1-2H3,(H,22,26). The largest absolute Gasteiger partial charge is 0.486 e. The number of nitrogens with two attached hydrogens (primary N) is 1. The van der Waals surface area contributed by atoms with Crippen molar-refractivity contribution in [2.75, 3.05) is 16.9 Å². The Morgan fingerprint density at radius 1 is 1.18 bits per heavy atom. The van der Waals surface area contributed by atoms with Crippen molar-refractivity contribution in [1.82, 2.24) is 14.9 Å². The number of nitrogens with zero attached hydrogens (tertiary/aromatic N) is 3. The third kappa shape index (κ3) is 5.01. The summed E-state index contributed by atoms with van der Waals surface area (Å²) in [6.07, 6.45) is 0. The molecule has 0 saturated carbocycles. The molecule has 0 aliphatic carbocycles. The number of anilines is 1. The molecular weight excluding hydrogens is 381 g/mol. The highest BCUT2D eigenvalue weighted by Gasteiger charge is 2.13. The third-order valence-corrected chi connectivity index (χ3v) is 4.98. The van der Waals surface area contributed by atoms with Crippen LogP contribution in [0.5, 0.6) is 5.75 Å². The number of benzene rings is 2. The number of hydrogen-bond acceptors (Lipinski definition) is 6. The summed E-state index contributed by atoms with van der Waals surface area (Å²) in [5, 5.41) is 11.2. The van der Waals surface area contributed by atoms with Gasteiger partial charge in [0.05, 0.1) is 5.75 Å². The number of amides is 1. The summed E-state index contributed by atoms with van der Waals surface area (Å²) in [4.78, 5) is 12.2. The monoisotopic (exact) mass is 401 g/mol. The highest BCUT2D eigenvalue weighted by molar-refractivity contribution is 7.99. The second-order valence-corrected chi connectivity index (χ2v) is 7.09. The van der Waals surface area contributed by atoms with E-state index in [1.807, 2.05) is 32.0 Å². The maximum atomic E-state index is 12.9. The van der Waals surface area contributed by atoms with Gasteiger partial charge in [0.15, 0.2) is 5.82 Å². The first-order valence-corrected chi connectivity index (χ1v) is 9.48. The molecule has 0 unspecified atom stereocenters. The molecule has 9 heteroatoms. The predicted octanol–water partition coefficient (Wildman–Crippen LogP) is 3.06. The number of carbonyl (C=O) groups is 1. The van der Waals surface area contributed by atoms with Crippen LogP contribution in [0.2, 0.25) is 0 Å². The van der Waals surface area contributed by atoms with Crippen LogP contribution in [0.15, 0.2) is 47.6 Å². The Balaban J connectivity index is 1.52. The SMILES string of the molecule is Cc1ccc(NC(=O)CSc2nnc(COc3ccc(F)cc3)n2N)cc1C. The molecule has 0 fully saturated rings. The van der Waals surface area contributed by atoms with Crippen molar-refractivity contribution in [3.63, 3.8) is 0 Å². The van der Waals surface area contributed by atoms with Crippen molar-refractivity contribution in [2.24, 2.45) is 0 Å². The first-order valence-electron chi connectivity index (χ1n) is 8.50. The summed E-state index contributed by atoms with van der Waals surface area (Å²) in [6, 6.07) is 11.4.